The van der Waals surface area contributed by atoms with Gasteiger partial charge in [0.15, 0.2) is 0 Å². The van der Waals surface area contributed by atoms with Gasteiger partial charge in [-0.2, -0.15) is 0 Å². The molecule has 7 aromatic carbocycles. The minimum absolute atomic E-state index is 0.00938. The molecule has 2 aromatic heterocycles. The van der Waals surface area contributed by atoms with Gasteiger partial charge in [0.2, 0.25) is 0 Å². The molecule has 0 amide bonds. The maximum atomic E-state index is 2.70. The number of aryl methyl sites for hydroxylation is 2. The first-order chi connectivity index (χ1) is 32.6. The van der Waals surface area contributed by atoms with Gasteiger partial charge < -0.3 is 9.80 Å². The second-order valence-electron chi connectivity index (χ2n) is 24.0. The fourth-order valence-electron chi connectivity index (χ4n) is 11.1. The predicted octanol–water partition coefficient (Wildman–Crippen LogP) is 17.3. The van der Waals surface area contributed by atoms with E-state index in [2.05, 4.69) is 246 Å². The molecule has 11 rings (SSSR count). The molecule has 9 aromatic rings. The van der Waals surface area contributed by atoms with Crippen molar-refractivity contribution < 1.29 is 0 Å². The number of rotatable bonds is 4. The number of thiophene rings is 2. The molecule has 0 spiro atoms. The molecule has 2 aliphatic heterocycles. The average Bonchev–Trinajstić information content (AvgIpc) is 3.90. The molecule has 0 unspecified atom stereocenters. The summed E-state index contributed by atoms with van der Waals surface area (Å²) in [6.45, 7) is 32.9. The van der Waals surface area contributed by atoms with Crippen LogP contribution in [-0.2, 0) is 21.7 Å². The van der Waals surface area contributed by atoms with Crippen LogP contribution in [0.4, 0.5) is 33.4 Å². The second kappa shape index (κ2) is 15.8. The Morgan fingerprint density at radius 2 is 1.01 bits per heavy atom. The van der Waals surface area contributed by atoms with Crippen molar-refractivity contribution in [2.75, 3.05) is 9.80 Å². The molecule has 4 heterocycles. The first-order valence-corrected chi connectivity index (χ1v) is 26.6. The lowest BCUT2D eigenvalue weighted by Gasteiger charge is -2.45. The van der Waals surface area contributed by atoms with E-state index in [4.69, 9.17) is 0 Å². The van der Waals surface area contributed by atoms with Gasteiger partial charge >= 0.3 is 0 Å². The first kappa shape index (κ1) is 45.6. The topological polar surface area (TPSA) is 6.48 Å². The van der Waals surface area contributed by atoms with Gasteiger partial charge in [0.1, 0.15) is 0 Å². The lowest BCUT2D eigenvalue weighted by atomic mass is 9.33. The van der Waals surface area contributed by atoms with Gasteiger partial charge in [0, 0.05) is 43.0 Å². The van der Waals surface area contributed by atoms with Crippen molar-refractivity contribution in [3.05, 3.63) is 172 Å². The molecule has 0 bridgehead atoms. The standard InChI is InChI=1S/C64H65BN2S2/c1-38-30-44(63(9,10)11)31-39(2)59(38)67-54-36-45(64(12,13)14)35-53-58(54)65(57-48-34-43(62(6,7)8)26-29-56(48)69-60(57)67)50-27-24-41(49-37-68-55-23-19-18-22-46(49)55)32-52(50)66(53)51-28-25-42(61(3,4)5)33-47(51)40-20-16-15-17-21-40/h15-37H,1-14H3. The van der Waals surface area contributed by atoms with E-state index in [1.165, 1.54) is 126 Å². The number of benzene rings is 7. The molecule has 69 heavy (non-hydrogen) atoms. The highest BCUT2D eigenvalue weighted by Gasteiger charge is 2.47. The van der Waals surface area contributed by atoms with Crippen LogP contribution >= 0.6 is 22.7 Å². The Balaban J connectivity index is 1.31. The monoisotopic (exact) mass is 936 g/mol. The molecule has 346 valence electrons. The Hall–Kier alpha value is -5.88. The third-order valence-electron chi connectivity index (χ3n) is 15.0. The first-order valence-electron chi connectivity index (χ1n) is 24.9. The predicted molar refractivity (Wildman–Crippen MR) is 306 cm³/mol. The van der Waals surface area contributed by atoms with Gasteiger partial charge in [-0.25, -0.2) is 0 Å². The van der Waals surface area contributed by atoms with Crippen LogP contribution in [0.1, 0.15) is 116 Å². The zero-order valence-corrected chi connectivity index (χ0v) is 44.7. The van der Waals surface area contributed by atoms with E-state index < -0.39 is 0 Å². The summed E-state index contributed by atoms with van der Waals surface area (Å²) in [5.41, 5.74) is 23.2. The second-order valence-corrected chi connectivity index (χ2v) is 26.0. The fourth-order valence-corrected chi connectivity index (χ4v) is 13.3. The molecule has 2 aliphatic rings. The van der Waals surface area contributed by atoms with E-state index in [1.54, 1.807) is 0 Å². The SMILES string of the molecule is Cc1cc(C(C)(C)C)cc(C)c1N1c2cc(C(C)(C)C)cc3c2B(c2ccc(-c4csc5ccccc45)cc2N3c2ccc(C(C)(C)C)cc2-c2ccccc2)c2c1sc1ccc(C(C)(C)C)cc21. The number of hydrogen-bond acceptors (Lipinski definition) is 4. The Kier molecular flexibility index (Phi) is 10.4. The van der Waals surface area contributed by atoms with E-state index in [9.17, 15) is 0 Å². The average molecular weight is 937 g/mol. The van der Waals surface area contributed by atoms with Crippen molar-refractivity contribution in [3.63, 3.8) is 0 Å². The summed E-state index contributed by atoms with van der Waals surface area (Å²) in [4.78, 5) is 5.38. The van der Waals surface area contributed by atoms with Crippen LogP contribution in [0, 0.1) is 13.8 Å². The highest BCUT2D eigenvalue weighted by molar-refractivity contribution is 7.26. The van der Waals surface area contributed by atoms with E-state index in [-0.39, 0.29) is 28.4 Å². The highest BCUT2D eigenvalue weighted by Crippen LogP contribution is 2.53. The maximum absolute atomic E-state index is 2.70. The summed E-state index contributed by atoms with van der Waals surface area (Å²) in [5, 5.41) is 6.36. The molecule has 0 saturated heterocycles. The Morgan fingerprint density at radius 3 is 1.68 bits per heavy atom. The number of fused-ring (bicyclic) bond motifs is 7. The van der Waals surface area contributed by atoms with E-state index in [0.29, 0.717) is 0 Å². The zero-order chi connectivity index (χ0) is 48.7. The minimum Gasteiger partial charge on any atom is -0.311 e. The molecule has 0 atom stereocenters. The van der Waals surface area contributed by atoms with Gasteiger partial charge in [-0.3, -0.25) is 0 Å². The molecule has 0 aliphatic carbocycles. The van der Waals surface area contributed by atoms with Crippen molar-refractivity contribution in [1.82, 2.24) is 0 Å². The molecule has 0 saturated carbocycles. The van der Waals surface area contributed by atoms with Crippen molar-refractivity contribution in [1.29, 1.82) is 0 Å². The smallest absolute Gasteiger partial charge is 0.254 e. The van der Waals surface area contributed by atoms with Gasteiger partial charge in [-0.15, -0.1) is 22.7 Å². The summed E-state index contributed by atoms with van der Waals surface area (Å²) in [5.74, 6) is 0. The van der Waals surface area contributed by atoms with Crippen LogP contribution in [0.3, 0.4) is 0 Å². The van der Waals surface area contributed by atoms with Crippen LogP contribution in [0.2, 0.25) is 0 Å². The minimum atomic E-state index is -0.142. The van der Waals surface area contributed by atoms with Crippen LogP contribution in [-0.4, -0.2) is 6.71 Å². The van der Waals surface area contributed by atoms with Crippen LogP contribution < -0.4 is 26.2 Å². The van der Waals surface area contributed by atoms with E-state index in [0.717, 1.165) is 0 Å². The van der Waals surface area contributed by atoms with Gasteiger partial charge in [0.25, 0.3) is 6.71 Å². The number of hydrogen-bond donors (Lipinski definition) is 0. The third-order valence-corrected chi connectivity index (χ3v) is 17.1. The zero-order valence-electron chi connectivity index (χ0n) is 43.1. The van der Waals surface area contributed by atoms with Gasteiger partial charge in [0.05, 0.1) is 16.4 Å². The fraction of sp³-hybridized carbons (Fsp3) is 0.281. The van der Waals surface area contributed by atoms with Crippen LogP contribution in [0.25, 0.3) is 42.4 Å². The van der Waals surface area contributed by atoms with Crippen molar-refractivity contribution in [2.24, 2.45) is 0 Å². The van der Waals surface area contributed by atoms with Gasteiger partial charge in [-0.1, -0.05) is 174 Å². The third kappa shape index (κ3) is 7.49. The molecule has 0 N–H and O–H groups in total. The van der Waals surface area contributed by atoms with Crippen LogP contribution in [0.5, 0.6) is 0 Å². The summed E-state index contributed by atoms with van der Waals surface area (Å²) in [6, 6.07) is 52.1. The summed E-state index contributed by atoms with van der Waals surface area (Å²) in [7, 11) is 0. The molecule has 0 fully saturated rings. The number of nitrogens with zero attached hydrogens (tertiary/aromatic N) is 2. The van der Waals surface area contributed by atoms with Crippen molar-refractivity contribution >= 4 is 99.4 Å². The molecular formula is C64H65BN2S2. The summed E-state index contributed by atoms with van der Waals surface area (Å²) >= 11 is 3.80. The Bertz CT molecular complexity index is 3500. The quantitative estimate of drug-likeness (QED) is 0.162. The summed E-state index contributed by atoms with van der Waals surface area (Å²) < 4.78 is 2.65. The largest absolute Gasteiger partial charge is 0.311 e. The van der Waals surface area contributed by atoms with Crippen LogP contribution in [0.15, 0.2) is 139 Å². The molecule has 0 radical (unpaired) electrons. The van der Waals surface area contributed by atoms with Crippen molar-refractivity contribution in [3.8, 4) is 22.3 Å². The van der Waals surface area contributed by atoms with E-state index >= 15 is 0 Å². The maximum Gasteiger partial charge on any atom is 0.254 e. The Morgan fingerprint density at radius 1 is 0.420 bits per heavy atom. The lowest BCUT2D eigenvalue weighted by molar-refractivity contribution is 0.589. The molecular weight excluding hydrogens is 872 g/mol. The molecule has 5 heteroatoms. The number of anilines is 6. The normalized spacial score (nSPS) is 13.9. The van der Waals surface area contributed by atoms with E-state index in [1.807, 2.05) is 22.7 Å². The molecule has 2 nitrogen and oxygen atoms in total. The van der Waals surface area contributed by atoms with Crippen molar-refractivity contribution in [2.45, 2.75) is 119 Å². The lowest BCUT2D eigenvalue weighted by Crippen LogP contribution is -2.61. The highest BCUT2D eigenvalue weighted by atomic mass is 32.1. The van der Waals surface area contributed by atoms with Gasteiger partial charge in [-0.05, 0) is 150 Å². The summed E-state index contributed by atoms with van der Waals surface area (Å²) in [6.07, 6.45) is 0. The Labute approximate surface area is 419 Å².